The summed E-state index contributed by atoms with van der Waals surface area (Å²) >= 11 is 5.56. The highest BCUT2D eigenvalue weighted by molar-refractivity contribution is 6.29. The highest BCUT2D eigenvalue weighted by Crippen LogP contribution is 2.04. The van der Waals surface area contributed by atoms with Gasteiger partial charge in [0.05, 0.1) is 0 Å². The Bertz CT molecular complexity index is 324. The first kappa shape index (κ1) is 7.77. The third-order valence-corrected chi connectivity index (χ3v) is 1.21. The van der Waals surface area contributed by atoms with Crippen molar-refractivity contribution in [3.05, 3.63) is 29.0 Å². The van der Waals surface area contributed by atoms with Crippen LogP contribution in [0.4, 0.5) is 0 Å². The fraction of sp³-hybridized carbons (Fsp3) is 0. The van der Waals surface area contributed by atoms with E-state index in [0.29, 0.717) is 17.0 Å². The normalized spacial score (nSPS) is 8.09. The molecular weight excluding hydrogens is 162 g/mol. The van der Waals surface area contributed by atoms with Gasteiger partial charge in [0.1, 0.15) is 5.15 Å². The van der Waals surface area contributed by atoms with Crippen LogP contribution < -0.4 is 0 Å². The van der Waals surface area contributed by atoms with E-state index in [2.05, 4.69) is 16.8 Å². The van der Waals surface area contributed by atoms with Gasteiger partial charge in [0.25, 0.3) is 0 Å². The van der Waals surface area contributed by atoms with Crippen LogP contribution in [0.25, 0.3) is 0 Å². The van der Waals surface area contributed by atoms with Crippen LogP contribution in [0, 0.1) is 11.8 Å². The lowest BCUT2D eigenvalue weighted by molar-refractivity contribution is -0.103. The Balaban J connectivity index is 2.96. The summed E-state index contributed by atoms with van der Waals surface area (Å²) in [7, 11) is 0. The molecule has 0 bridgehead atoms. The van der Waals surface area contributed by atoms with Crippen molar-refractivity contribution in [3.8, 4) is 11.8 Å². The fourth-order valence-corrected chi connectivity index (χ4v) is 0.767. The minimum absolute atomic E-state index is 0.377. The molecule has 2 nitrogen and oxygen atoms in total. The van der Waals surface area contributed by atoms with Gasteiger partial charge in [-0.25, -0.2) is 4.98 Å². The molecule has 1 rings (SSSR count). The zero-order chi connectivity index (χ0) is 8.10. The zero-order valence-corrected chi connectivity index (χ0v) is 6.30. The summed E-state index contributed by atoms with van der Waals surface area (Å²) in [6, 6.07) is 3.28. The second-order valence-corrected chi connectivity index (χ2v) is 2.14. The summed E-state index contributed by atoms with van der Waals surface area (Å²) in [5.41, 5.74) is 0.692. The molecule has 0 unspecified atom stereocenters. The largest absolute Gasteiger partial charge is 0.289 e. The molecule has 1 aromatic heterocycles. The number of carbonyl (C=O) groups excluding carboxylic acids is 1. The number of hydrogen-bond donors (Lipinski definition) is 0. The first-order valence-electron chi connectivity index (χ1n) is 2.89. The molecule has 54 valence electrons. The molecule has 0 spiro atoms. The van der Waals surface area contributed by atoms with Crippen LogP contribution >= 0.6 is 11.6 Å². The molecule has 1 heterocycles. The number of aromatic nitrogens is 1. The summed E-state index contributed by atoms with van der Waals surface area (Å²) in [6.45, 7) is 0. The maximum absolute atomic E-state index is 9.84. The van der Waals surface area contributed by atoms with E-state index in [4.69, 9.17) is 11.6 Å². The van der Waals surface area contributed by atoms with E-state index in [1.807, 2.05) is 0 Å². The van der Waals surface area contributed by atoms with Gasteiger partial charge in [-0.3, -0.25) is 4.79 Å². The maximum atomic E-state index is 9.84. The SMILES string of the molecule is O=CC#Cc1ccnc(Cl)c1. The van der Waals surface area contributed by atoms with Gasteiger partial charge in [0.2, 0.25) is 0 Å². The lowest BCUT2D eigenvalue weighted by atomic mass is 10.3. The molecule has 1 aromatic rings. The van der Waals surface area contributed by atoms with Crippen LogP contribution in [-0.4, -0.2) is 11.3 Å². The lowest BCUT2D eigenvalue weighted by Crippen LogP contribution is -1.77. The lowest BCUT2D eigenvalue weighted by Gasteiger charge is -1.88. The fourth-order valence-electron chi connectivity index (χ4n) is 0.593. The van der Waals surface area contributed by atoms with Crippen molar-refractivity contribution < 1.29 is 4.79 Å². The first-order valence-corrected chi connectivity index (χ1v) is 3.27. The van der Waals surface area contributed by atoms with Gasteiger partial charge in [-0.1, -0.05) is 17.5 Å². The molecule has 3 heteroatoms. The highest BCUT2D eigenvalue weighted by Gasteiger charge is 1.88. The molecule has 0 fully saturated rings. The molecule has 0 amide bonds. The Labute approximate surface area is 69.2 Å². The molecule has 0 aliphatic heterocycles. The smallest absolute Gasteiger partial charge is 0.193 e. The third kappa shape index (κ3) is 2.40. The molecule has 0 atom stereocenters. The molecule has 0 aliphatic rings. The Morgan fingerprint density at radius 2 is 2.45 bits per heavy atom. The molecule has 11 heavy (non-hydrogen) atoms. The van der Waals surface area contributed by atoms with Crippen LogP contribution in [0.3, 0.4) is 0 Å². The van der Waals surface area contributed by atoms with E-state index < -0.39 is 0 Å². The van der Waals surface area contributed by atoms with Gasteiger partial charge < -0.3 is 0 Å². The second kappa shape index (κ2) is 3.75. The van der Waals surface area contributed by atoms with Crippen molar-refractivity contribution in [2.75, 3.05) is 0 Å². The molecule has 0 radical (unpaired) electrons. The Kier molecular flexibility index (Phi) is 2.65. The molecular formula is C8H4ClNO. The van der Waals surface area contributed by atoms with Crippen molar-refractivity contribution in [1.29, 1.82) is 0 Å². The minimum atomic E-state index is 0.377. The number of aldehydes is 1. The number of halogens is 1. The molecule has 0 saturated carbocycles. The van der Waals surface area contributed by atoms with E-state index in [1.165, 1.54) is 6.20 Å². The van der Waals surface area contributed by atoms with Crippen molar-refractivity contribution >= 4 is 17.9 Å². The van der Waals surface area contributed by atoms with Crippen LogP contribution in [0.5, 0.6) is 0 Å². The Morgan fingerprint density at radius 3 is 3.09 bits per heavy atom. The number of rotatable bonds is 0. The van der Waals surface area contributed by atoms with Gasteiger partial charge in [-0.2, -0.15) is 0 Å². The molecule has 0 aliphatic carbocycles. The average molecular weight is 166 g/mol. The first-order chi connectivity index (χ1) is 5.33. The zero-order valence-electron chi connectivity index (χ0n) is 5.54. The molecule has 0 saturated heterocycles. The number of pyridine rings is 1. The number of hydrogen-bond acceptors (Lipinski definition) is 2. The van der Waals surface area contributed by atoms with Gasteiger partial charge in [0.15, 0.2) is 6.29 Å². The Hall–Kier alpha value is -1.33. The van der Waals surface area contributed by atoms with Crippen LogP contribution in [-0.2, 0) is 4.79 Å². The van der Waals surface area contributed by atoms with E-state index in [-0.39, 0.29) is 0 Å². The summed E-state index contributed by atoms with van der Waals surface area (Å²) in [4.78, 5) is 13.6. The minimum Gasteiger partial charge on any atom is -0.289 e. The maximum Gasteiger partial charge on any atom is 0.193 e. The molecule has 0 N–H and O–H groups in total. The van der Waals surface area contributed by atoms with E-state index in [0.717, 1.165) is 0 Å². The van der Waals surface area contributed by atoms with Crippen molar-refractivity contribution in [1.82, 2.24) is 4.98 Å². The van der Waals surface area contributed by atoms with Crippen molar-refractivity contribution in [3.63, 3.8) is 0 Å². The predicted octanol–water partition coefficient (Wildman–Crippen LogP) is 1.29. The van der Waals surface area contributed by atoms with Crippen molar-refractivity contribution in [2.24, 2.45) is 0 Å². The second-order valence-electron chi connectivity index (χ2n) is 1.75. The highest BCUT2D eigenvalue weighted by atomic mass is 35.5. The standard InChI is InChI=1S/C8H4ClNO/c9-8-6-7(2-1-5-11)3-4-10-8/h3-6H. The van der Waals surface area contributed by atoms with Crippen molar-refractivity contribution in [2.45, 2.75) is 0 Å². The van der Waals surface area contributed by atoms with Gasteiger partial charge in [-0.05, 0) is 18.1 Å². The van der Waals surface area contributed by atoms with Gasteiger partial charge >= 0.3 is 0 Å². The quantitative estimate of drug-likeness (QED) is 0.329. The Morgan fingerprint density at radius 1 is 1.64 bits per heavy atom. The van der Waals surface area contributed by atoms with Crippen LogP contribution in [0.15, 0.2) is 18.3 Å². The van der Waals surface area contributed by atoms with Gasteiger partial charge in [0, 0.05) is 11.8 Å². The third-order valence-electron chi connectivity index (χ3n) is 1.00. The predicted molar refractivity (Wildman–Crippen MR) is 42.2 cm³/mol. The number of carbonyl (C=O) groups is 1. The topological polar surface area (TPSA) is 30.0 Å². The summed E-state index contributed by atoms with van der Waals surface area (Å²) in [5, 5.41) is 0.377. The number of nitrogens with zero attached hydrogens (tertiary/aromatic N) is 1. The van der Waals surface area contributed by atoms with E-state index in [1.54, 1.807) is 12.1 Å². The van der Waals surface area contributed by atoms with Gasteiger partial charge in [-0.15, -0.1) is 0 Å². The van der Waals surface area contributed by atoms with E-state index in [9.17, 15) is 4.79 Å². The summed E-state index contributed by atoms with van der Waals surface area (Å²) in [6.07, 6.45) is 2.07. The average Bonchev–Trinajstić information content (AvgIpc) is 2.01. The summed E-state index contributed by atoms with van der Waals surface area (Å²) < 4.78 is 0. The summed E-state index contributed by atoms with van der Waals surface area (Å²) in [5.74, 6) is 4.87. The van der Waals surface area contributed by atoms with Crippen LogP contribution in [0.2, 0.25) is 5.15 Å². The monoisotopic (exact) mass is 165 g/mol. The van der Waals surface area contributed by atoms with Crippen LogP contribution in [0.1, 0.15) is 5.56 Å². The van der Waals surface area contributed by atoms with E-state index >= 15 is 0 Å². The molecule has 0 aromatic carbocycles.